The van der Waals surface area contributed by atoms with Gasteiger partial charge in [-0.3, -0.25) is 4.79 Å². The number of sulfonamides is 1. The molecule has 1 N–H and O–H groups in total. The third-order valence-corrected chi connectivity index (χ3v) is 6.15. The van der Waals surface area contributed by atoms with Gasteiger partial charge < -0.3 is 9.84 Å². The number of likely N-dealkylation sites (N-methyl/N-ethyl adjacent to an activating group) is 1. The molecule has 1 amide bonds. The topological polar surface area (TPSA) is 92.5 Å². The van der Waals surface area contributed by atoms with E-state index in [1.807, 2.05) is 0 Å². The van der Waals surface area contributed by atoms with E-state index in [1.54, 1.807) is 24.3 Å². The fourth-order valence-electron chi connectivity index (χ4n) is 3.00. The molecule has 0 radical (unpaired) electrons. The quantitative estimate of drug-likeness (QED) is 0.906. The zero-order chi connectivity index (χ0) is 17.2. The van der Waals surface area contributed by atoms with Crippen LogP contribution in [0.3, 0.4) is 0 Å². The summed E-state index contributed by atoms with van der Waals surface area (Å²) in [5, 5.41) is 6.20. The van der Waals surface area contributed by atoms with E-state index in [0.717, 1.165) is 12.8 Å². The summed E-state index contributed by atoms with van der Waals surface area (Å²) in [6.07, 6.45) is 3.54. The normalized spacial score (nSPS) is 19.1. The van der Waals surface area contributed by atoms with Crippen LogP contribution in [0.2, 0.25) is 0 Å². The van der Waals surface area contributed by atoms with Gasteiger partial charge in [0.25, 0.3) is 0 Å². The number of nitrogens with one attached hydrogen (secondary N) is 1. The molecule has 24 heavy (non-hydrogen) atoms. The first kappa shape index (κ1) is 16.7. The van der Waals surface area contributed by atoms with E-state index in [0.29, 0.717) is 24.3 Å². The van der Waals surface area contributed by atoms with Gasteiger partial charge in [0.05, 0.1) is 11.1 Å². The zero-order valence-electron chi connectivity index (χ0n) is 13.3. The minimum absolute atomic E-state index is 0.123. The Balaban J connectivity index is 2.06. The van der Waals surface area contributed by atoms with E-state index in [2.05, 4.69) is 10.5 Å². The maximum atomic E-state index is 13.2. The summed E-state index contributed by atoms with van der Waals surface area (Å²) in [6, 6.07) is 7.53. The van der Waals surface area contributed by atoms with Crippen molar-refractivity contribution in [1.82, 2.24) is 14.8 Å². The lowest BCUT2D eigenvalue weighted by molar-refractivity contribution is -0.125. The Morgan fingerprint density at radius 3 is 2.79 bits per heavy atom. The van der Waals surface area contributed by atoms with Gasteiger partial charge in [-0.15, -0.1) is 0 Å². The lowest BCUT2D eigenvalue weighted by Crippen LogP contribution is -2.51. The highest BCUT2D eigenvalue weighted by Gasteiger charge is 2.38. The fraction of sp³-hybridized carbons (Fsp3) is 0.375. The molecule has 0 spiro atoms. The molecule has 1 unspecified atom stereocenters. The number of piperidine rings is 1. The van der Waals surface area contributed by atoms with Crippen LogP contribution in [-0.2, 0) is 14.8 Å². The lowest BCUT2D eigenvalue weighted by atomic mass is 10.0. The van der Waals surface area contributed by atoms with E-state index in [4.69, 9.17) is 4.52 Å². The molecule has 0 saturated carbocycles. The van der Waals surface area contributed by atoms with Crippen molar-refractivity contribution in [3.8, 4) is 11.3 Å². The molecule has 1 atom stereocenters. The summed E-state index contributed by atoms with van der Waals surface area (Å²) in [5.74, 6) is 0.0955. The van der Waals surface area contributed by atoms with Gasteiger partial charge in [0.15, 0.2) is 5.76 Å². The molecule has 3 rings (SSSR count). The van der Waals surface area contributed by atoms with Gasteiger partial charge >= 0.3 is 0 Å². The van der Waals surface area contributed by atoms with Gasteiger partial charge in [0, 0.05) is 25.2 Å². The molecule has 2 heterocycles. The Labute approximate surface area is 140 Å². The van der Waals surface area contributed by atoms with Crippen molar-refractivity contribution in [2.24, 2.45) is 0 Å². The number of amides is 1. The zero-order valence-corrected chi connectivity index (χ0v) is 14.1. The summed E-state index contributed by atoms with van der Waals surface area (Å²) in [6.45, 7) is 0.325. The highest BCUT2D eigenvalue weighted by molar-refractivity contribution is 7.89. The predicted molar refractivity (Wildman–Crippen MR) is 87.5 cm³/mol. The third kappa shape index (κ3) is 2.94. The molecule has 1 aromatic heterocycles. The molecule has 1 fully saturated rings. The van der Waals surface area contributed by atoms with Crippen LogP contribution in [0.5, 0.6) is 0 Å². The second-order valence-corrected chi connectivity index (χ2v) is 7.47. The van der Waals surface area contributed by atoms with Crippen molar-refractivity contribution >= 4 is 15.9 Å². The van der Waals surface area contributed by atoms with Crippen LogP contribution < -0.4 is 5.32 Å². The first-order valence-electron chi connectivity index (χ1n) is 7.79. The van der Waals surface area contributed by atoms with Crippen molar-refractivity contribution in [3.63, 3.8) is 0 Å². The standard InChI is InChI=1S/C16H19N3O4S/c1-17-16(20)13-7-4-5-11-19(13)24(21,22)15-8-3-2-6-12(15)14-9-10-18-23-14/h2-3,6,8-10,13H,4-5,7,11H2,1H3,(H,17,20). The van der Waals surface area contributed by atoms with Gasteiger partial charge in [-0.05, 0) is 25.0 Å². The number of carbonyl (C=O) groups is 1. The Morgan fingerprint density at radius 2 is 2.08 bits per heavy atom. The van der Waals surface area contributed by atoms with Gasteiger partial charge in [-0.25, -0.2) is 8.42 Å². The van der Waals surface area contributed by atoms with Crippen LogP contribution in [0.25, 0.3) is 11.3 Å². The molecular formula is C16H19N3O4S. The average molecular weight is 349 g/mol. The fourth-order valence-corrected chi connectivity index (χ4v) is 4.85. The molecule has 0 bridgehead atoms. The number of carbonyl (C=O) groups excluding carboxylic acids is 1. The Bertz CT molecular complexity index is 818. The van der Waals surface area contributed by atoms with Gasteiger partial charge in [-0.2, -0.15) is 4.31 Å². The lowest BCUT2D eigenvalue weighted by Gasteiger charge is -2.33. The Morgan fingerprint density at radius 1 is 1.29 bits per heavy atom. The number of hydrogen-bond donors (Lipinski definition) is 1. The van der Waals surface area contributed by atoms with Crippen molar-refractivity contribution < 1.29 is 17.7 Å². The van der Waals surface area contributed by atoms with Crippen molar-refractivity contribution in [1.29, 1.82) is 0 Å². The van der Waals surface area contributed by atoms with Crippen LogP contribution in [0.1, 0.15) is 19.3 Å². The van der Waals surface area contributed by atoms with E-state index in [-0.39, 0.29) is 10.8 Å². The monoisotopic (exact) mass is 349 g/mol. The summed E-state index contributed by atoms with van der Waals surface area (Å²) in [4.78, 5) is 12.2. The average Bonchev–Trinajstić information content (AvgIpc) is 3.15. The molecule has 1 saturated heterocycles. The first-order valence-corrected chi connectivity index (χ1v) is 9.23. The summed E-state index contributed by atoms with van der Waals surface area (Å²) >= 11 is 0. The summed E-state index contributed by atoms with van der Waals surface area (Å²) in [7, 11) is -2.32. The van der Waals surface area contributed by atoms with Crippen LogP contribution in [0.4, 0.5) is 0 Å². The van der Waals surface area contributed by atoms with Crippen molar-refractivity contribution in [3.05, 3.63) is 36.5 Å². The maximum Gasteiger partial charge on any atom is 0.244 e. The van der Waals surface area contributed by atoms with Crippen molar-refractivity contribution in [2.45, 2.75) is 30.2 Å². The van der Waals surface area contributed by atoms with Crippen molar-refractivity contribution in [2.75, 3.05) is 13.6 Å². The smallest absolute Gasteiger partial charge is 0.244 e. The second kappa shape index (κ2) is 6.74. The number of aromatic nitrogens is 1. The summed E-state index contributed by atoms with van der Waals surface area (Å²) in [5.41, 5.74) is 0.441. The minimum Gasteiger partial charge on any atom is -0.358 e. The van der Waals surface area contributed by atoms with E-state index in [9.17, 15) is 13.2 Å². The van der Waals surface area contributed by atoms with Crippen LogP contribution in [-0.4, -0.2) is 43.4 Å². The number of rotatable bonds is 4. The summed E-state index contributed by atoms with van der Waals surface area (Å²) < 4.78 is 32.9. The van der Waals surface area contributed by atoms with Crippen LogP contribution >= 0.6 is 0 Å². The predicted octanol–water partition coefficient (Wildman–Crippen LogP) is 1.63. The molecule has 2 aromatic rings. The maximum absolute atomic E-state index is 13.2. The van der Waals surface area contributed by atoms with Crippen LogP contribution in [0.15, 0.2) is 45.9 Å². The van der Waals surface area contributed by atoms with Gasteiger partial charge in [0.2, 0.25) is 15.9 Å². The number of nitrogens with zero attached hydrogens (tertiary/aromatic N) is 2. The van der Waals surface area contributed by atoms with E-state index in [1.165, 1.54) is 23.6 Å². The van der Waals surface area contributed by atoms with E-state index >= 15 is 0 Å². The third-order valence-electron chi connectivity index (χ3n) is 4.18. The molecule has 7 nitrogen and oxygen atoms in total. The number of hydrogen-bond acceptors (Lipinski definition) is 5. The number of benzene rings is 1. The Kier molecular flexibility index (Phi) is 4.68. The molecule has 128 valence electrons. The molecular weight excluding hydrogens is 330 g/mol. The molecule has 1 aliphatic rings. The highest BCUT2D eigenvalue weighted by Crippen LogP contribution is 2.32. The second-order valence-electron chi connectivity index (χ2n) is 5.61. The highest BCUT2D eigenvalue weighted by atomic mass is 32.2. The Hall–Kier alpha value is -2.19. The molecule has 8 heteroatoms. The van der Waals surface area contributed by atoms with Gasteiger partial charge in [-0.1, -0.05) is 23.7 Å². The minimum atomic E-state index is -3.84. The van der Waals surface area contributed by atoms with E-state index < -0.39 is 16.1 Å². The van der Waals surface area contributed by atoms with Crippen LogP contribution in [0, 0.1) is 0 Å². The van der Waals surface area contributed by atoms with Gasteiger partial charge in [0.1, 0.15) is 6.04 Å². The molecule has 1 aliphatic heterocycles. The molecule has 0 aliphatic carbocycles. The SMILES string of the molecule is CNC(=O)C1CCCCN1S(=O)(=O)c1ccccc1-c1ccno1. The molecule has 1 aromatic carbocycles. The largest absolute Gasteiger partial charge is 0.358 e. The first-order chi connectivity index (χ1) is 11.6.